The van der Waals surface area contributed by atoms with Crippen LogP contribution in [0, 0.1) is 13.8 Å². The van der Waals surface area contributed by atoms with Gasteiger partial charge in [0.2, 0.25) is 0 Å². The van der Waals surface area contributed by atoms with Crippen molar-refractivity contribution in [1.29, 1.82) is 0 Å². The molecular weight excluding hydrogens is 176 g/mol. The van der Waals surface area contributed by atoms with Crippen LogP contribution >= 0.6 is 11.3 Å². The number of aryl methyl sites for hydroxylation is 2. The predicted molar refractivity (Wildman–Crippen MR) is 59.2 cm³/mol. The first kappa shape index (κ1) is 8.52. The van der Waals surface area contributed by atoms with Crippen molar-refractivity contribution in [2.24, 2.45) is 0 Å². The molecule has 0 amide bonds. The molecule has 0 aliphatic heterocycles. The topological polar surface area (TPSA) is 0 Å². The molecule has 0 aliphatic rings. The number of thiophene rings is 1. The summed E-state index contributed by atoms with van der Waals surface area (Å²) in [7, 11) is 0. The summed E-state index contributed by atoms with van der Waals surface area (Å²) >= 11 is 1.75. The van der Waals surface area contributed by atoms with Gasteiger partial charge in [0.1, 0.15) is 0 Å². The van der Waals surface area contributed by atoms with Gasteiger partial charge in [-0.2, -0.15) is 11.3 Å². The van der Waals surface area contributed by atoms with E-state index in [9.17, 15) is 0 Å². The zero-order chi connectivity index (χ0) is 9.26. The average molecular weight is 188 g/mol. The number of benzene rings is 1. The molecule has 0 nitrogen and oxygen atoms in total. The van der Waals surface area contributed by atoms with Gasteiger partial charge in [-0.3, -0.25) is 0 Å². The van der Waals surface area contributed by atoms with E-state index >= 15 is 0 Å². The van der Waals surface area contributed by atoms with Crippen LogP contribution in [0.4, 0.5) is 0 Å². The first-order valence-corrected chi connectivity index (χ1v) is 5.32. The Balaban J connectivity index is 2.64. The Morgan fingerprint density at radius 2 is 1.69 bits per heavy atom. The highest BCUT2D eigenvalue weighted by Crippen LogP contribution is 2.28. The number of hydrogen-bond donors (Lipinski definition) is 0. The predicted octanol–water partition coefficient (Wildman–Crippen LogP) is 4.03. The van der Waals surface area contributed by atoms with E-state index in [4.69, 9.17) is 0 Å². The molecule has 1 aromatic heterocycles. The van der Waals surface area contributed by atoms with E-state index in [2.05, 4.69) is 48.9 Å². The molecule has 0 radical (unpaired) electrons. The van der Waals surface area contributed by atoms with Gasteiger partial charge in [-0.15, -0.1) is 0 Å². The molecular formula is C12H12S. The lowest BCUT2D eigenvalue weighted by Crippen LogP contribution is -1.84. The SMILES string of the molecule is Cc1cccc(C)c1-c1ccsc1. The van der Waals surface area contributed by atoms with Crippen molar-refractivity contribution in [3.63, 3.8) is 0 Å². The Kier molecular flexibility index (Phi) is 2.19. The van der Waals surface area contributed by atoms with Crippen molar-refractivity contribution < 1.29 is 0 Å². The van der Waals surface area contributed by atoms with Gasteiger partial charge >= 0.3 is 0 Å². The molecule has 0 saturated carbocycles. The second-order valence-corrected chi connectivity index (χ2v) is 4.06. The molecule has 0 aliphatic carbocycles. The van der Waals surface area contributed by atoms with Crippen LogP contribution in [0.5, 0.6) is 0 Å². The third kappa shape index (κ3) is 1.52. The summed E-state index contributed by atoms with van der Waals surface area (Å²) < 4.78 is 0. The fourth-order valence-electron chi connectivity index (χ4n) is 1.68. The van der Waals surface area contributed by atoms with E-state index in [1.165, 1.54) is 22.3 Å². The summed E-state index contributed by atoms with van der Waals surface area (Å²) in [5.74, 6) is 0. The van der Waals surface area contributed by atoms with Crippen LogP contribution in [0.25, 0.3) is 11.1 Å². The molecule has 66 valence electrons. The third-order valence-corrected chi connectivity index (χ3v) is 2.97. The molecule has 0 fully saturated rings. The van der Waals surface area contributed by atoms with Gasteiger partial charge in [0, 0.05) is 0 Å². The molecule has 0 unspecified atom stereocenters. The minimum atomic E-state index is 1.35. The van der Waals surface area contributed by atoms with Crippen molar-refractivity contribution in [2.75, 3.05) is 0 Å². The second kappa shape index (κ2) is 3.35. The lowest BCUT2D eigenvalue weighted by molar-refractivity contribution is 1.38. The van der Waals surface area contributed by atoms with E-state index < -0.39 is 0 Å². The normalized spacial score (nSPS) is 10.3. The van der Waals surface area contributed by atoms with Crippen LogP contribution in [0.3, 0.4) is 0 Å². The first-order chi connectivity index (χ1) is 6.29. The van der Waals surface area contributed by atoms with Gasteiger partial charge < -0.3 is 0 Å². The summed E-state index contributed by atoms with van der Waals surface area (Å²) in [6, 6.07) is 8.63. The highest BCUT2D eigenvalue weighted by Gasteiger charge is 2.04. The molecule has 2 aromatic rings. The zero-order valence-corrected chi connectivity index (χ0v) is 8.69. The molecule has 0 saturated heterocycles. The van der Waals surface area contributed by atoms with Crippen molar-refractivity contribution in [2.45, 2.75) is 13.8 Å². The molecule has 2 rings (SSSR count). The lowest BCUT2D eigenvalue weighted by Gasteiger charge is -2.06. The first-order valence-electron chi connectivity index (χ1n) is 4.38. The summed E-state index contributed by atoms with van der Waals surface area (Å²) in [6.07, 6.45) is 0. The second-order valence-electron chi connectivity index (χ2n) is 3.28. The van der Waals surface area contributed by atoms with Gasteiger partial charge in [0.15, 0.2) is 0 Å². The standard InChI is InChI=1S/C12H12S/c1-9-4-3-5-10(2)12(9)11-6-7-13-8-11/h3-8H,1-2H3. The summed E-state index contributed by atoms with van der Waals surface area (Å²) in [5, 5.41) is 4.33. The average Bonchev–Trinajstić information content (AvgIpc) is 2.57. The van der Waals surface area contributed by atoms with E-state index in [-0.39, 0.29) is 0 Å². The van der Waals surface area contributed by atoms with E-state index in [0.717, 1.165) is 0 Å². The van der Waals surface area contributed by atoms with Crippen LogP contribution in [-0.4, -0.2) is 0 Å². The van der Waals surface area contributed by atoms with E-state index in [0.29, 0.717) is 0 Å². The molecule has 1 heterocycles. The van der Waals surface area contributed by atoms with Crippen LogP contribution in [0.1, 0.15) is 11.1 Å². The largest absolute Gasteiger partial charge is 0.152 e. The molecule has 0 N–H and O–H groups in total. The maximum absolute atomic E-state index is 2.20. The van der Waals surface area contributed by atoms with Gasteiger partial charge in [0.05, 0.1) is 0 Å². The third-order valence-electron chi connectivity index (χ3n) is 2.29. The minimum Gasteiger partial charge on any atom is -0.152 e. The molecule has 1 aromatic carbocycles. The summed E-state index contributed by atoms with van der Waals surface area (Å²) in [5.41, 5.74) is 5.46. The van der Waals surface area contributed by atoms with Gasteiger partial charge in [-0.05, 0) is 52.9 Å². The van der Waals surface area contributed by atoms with Crippen LogP contribution in [0.15, 0.2) is 35.0 Å². The summed E-state index contributed by atoms with van der Waals surface area (Å²) in [6.45, 7) is 4.33. The van der Waals surface area contributed by atoms with Crippen molar-refractivity contribution >= 4 is 11.3 Å². The molecule has 13 heavy (non-hydrogen) atoms. The van der Waals surface area contributed by atoms with Gasteiger partial charge in [-0.1, -0.05) is 18.2 Å². The summed E-state index contributed by atoms with van der Waals surface area (Å²) in [4.78, 5) is 0. The maximum atomic E-state index is 2.20. The number of hydrogen-bond acceptors (Lipinski definition) is 1. The van der Waals surface area contributed by atoms with Crippen LogP contribution in [0.2, 0.25) is 0 Å². The highest BCUT2D eigenvalue weighted by atomic mass is 32.1. The Bertz CT molecular complexity index is 379. The Labute approximate surface area is 82.9 Å². The van der Waals surface area contributed by atoms with Crippen molar-refractivity contribution in [3.05, 3.63) is 46.2 Å². The fourth-order valence-corrected chi connectivity index (χ4v) is 2.32. The highest BCUT2D eigenvalue weighted by molar-refractivity contribution is 7.08. The van der Waals surface area contributed by atoms with Gasteiger partial charge in [0.25, 0.3) is 0 Å². The molecule has 1 heteroatoms. The monoisotopic (exact) mass is 188 g/mol. The smallest absolute Gasteiger partial charge is 0.00145 e. The molecule has 0 atom stereocenters. The fraction of sp³-hybridized carbons (Fsp3) is 0.167. The lowest BCUT2D eigenvalue weighted by atomic mass is 9.98. The Morgan fingerprint density at radius 3 is 2.23 bits per heavy atom. The molecule has 0 spiro atoms. The maximum Gasteiger partial charge on any atom is -0.00145 e. The Hall–Kier alpha value is -1.08. The van der Waals surface area contributed by atoms with Crippen LogP contribution in [-0.2, 0) is 0 Å². The minimum absolute atomic E-state index is 1.35. The van der Waals surface area contributed by atoms with E-state index in [1.54, 1.807) is 11.3 Å². The molecule has 0 bridgehead atoms. The zero-order valence-electron chi connectivity index (χ0n) is 7.87. The van der Waals surface area contributed by atoms with Crippen molar-refractivity contribution in [1.82, 2.24) is 0 Å². The number of rotatable bonds is 1. The van der Waals surface area contributed by atoms with Crippen LogP contribution < -0.4 is 0 Å². The van der Waals surface area contributed by atoms with E-state index in [1.807, 2.05) is 0 Å². The van der Waals surface area contributed by atoms with Crippen molar-refractivity contribution in [3.8, 4) is 11.1 Å². The van der Waals surface area contributed by atoms with Gasteiger partial charge in [-0.25, -0.2) is 0 Å². The quantitative estimate of drug-likeness (QED) is 0.633. The Morgan fingerprint density at radius 1 is 1.00 bits per heavy atom.